The van der Waals surface area contributed by atoms with Crippen LogP contribution >= 0.6 is 0 Å². The van der Waals surface area contributed by atoms with Crippen molar-refractivity contribution in [2.75, 3.05) is 21.3 Å². The van der Waals surface area contributed by atoms with Crippen LogP contribution in [0.15, 0.2) is 0 Å². The monoisotopic (exact) mass is 314 g/mol. The number of carbonyl (C=O) groups excluding carboxylic acids is 4. The first-order valence-corrected chi connectivity index (χ1v) is 6.92. The lowest BCUT2D eigenvalue weighted by Crippen LogP contribution is -2.40. The molecule has 1 saturated carbocycles. The lowest BCUT2D eigenvalue weighted by Gasteiger charge is -2.28. The first kappa shape index (κ1) is 18.1. The number of esters is 3. The van der Waals surface area contributed by atoms with Crippen LogP contribution in [-0.2, 0) is 33.4 Å². The van der Waals surface area contributed by atoms with Crippen LogP contribution < -0.4 is 0 Å². The maximum atomic E-state index is 12.2. The topological polar surface area (TPSA) is 96.0 Å². The maximum Gasteiger partial charge on any atom is 0.323 e. The van der Waals surface area contributed by atoms with Gasteiger partial charge in [-0.3, -0.25) is 19.2 Å². The summed E-state index contributed by atoms with van der Waals surface area (Å²) in [5.41, 5.74) is -2.57. The number of rotatable bonds is 5. The fraction of sp³-hybridized carbons (Fsp3) is 0.733. The predicted molar refractivity (Wildman–Crippen MR) is 74.6 cm³/mol. The molecule has 2 unspecified atom stereocenters. The number of ether oxygens (including phenoxy) is 3. The lowest BCUT2D eigenvalue weighted by atomic mass is 9.74. The van der Waals surface area contributed by atoms with E-state index in [4.69, 9.17) is 9.47 Å². The second-order valence-electron chi connectivity index (χ2n) is 5.90. The number of hydrogen-bond donors (Lipinski definition) is 0. The predicted octanol–water partition coefficient (Wildman–Crippen LogP) is 0.887. The van der Waals surface area contributed by atoms with Crippen LogP contribution in [-0.4, -0.2) is 45.0 Å². The van der Waals surface area contributed by atoms with Gasteiger partial charge in [0.15, 0.2) is 5.41 Å². The largest absolute Gasteiger partial charge is 0.469 e. The van der Waals surface area contributed by atoms with Crippen molar-refractivity contribution in [3.05, 3.63) is 0 Å². The standard InChI is InChI=1S/C15H22O7/c1-9(16)14(2)8-15(12(18)21-4,13(19)22-5)7-10(14)6-11(17)20-3/h10H,6-8H2,1-5H3. The minimum absolute atomic E-state index is 0.0114. The molecule has 0 aromatic heterocycles. The second-order valence-corrected chi connectivity index (χ2v) is 5.90. The fourth-order valence-electron chi connectivity index (χ4n) is 3.27. The second kappa shape index (κ2) is 6.46. The highest BCUT2D eigenvalue weighted by atomic mass is 16.5. The summed E-state index contributed by atoms with van der Waals surface area (Å²) < 4.78 is 14.1. The Kier molecular flexibility index (Phi) is 5.32. The summed E-state index contributed by atoms with van der Waals surface area (Å²) in [6.45, 7) is 3.03. The van der Waals surface area contributed by atoms with E-state index in [1.165, 1.54) is 28.3 Å². The molecule has 0 heterocycles. The van der Waals surface area contributed by atoms with Gasteiger partial charge in [0.1, 0.15) is 5.78 Å². The van der Waals surface area contributed by atoms with Crippen molar-refractivity contribution in [2.24, 2.45) is 16.7 Å². The maximum absolute atomic E-state index is 12.2. The molecule has 0 N–H and O–H groups in total. The third kappa shape index (κ3) is 2.84. The van der Waals surface area contributed by atoms with Gasteiger partial charge in [0.2, 0.25) is 0 Å². The highest BCUT2D eigenvalue weighted by Crippen LogP contribution is 2.56. The van der Waals surface area contributed by atoms with Crippen molar-refractivity contribution < 1.29 is 33.4 Å². The van der Waals surface area contributed by atoms with Crippen LogP contribution in [0.1, 0.15) is 33.1 Å². The Balaban J connectivity index is 3.30. The van der Waals surface area contributed by atoms with E-state index in [0.717, 1.165) is 0 Å². The van der Waals surface area contributed by atoms with E-state index in [1.807, 2.05) is 0 Å². The molecule has 22 heavy (non-hydrogen) atoms. The molecule has 1 rings (SSSR count). The lowest BCUT2D eigenvalue weighted by molar-refractivity contribution is -0.169. The molecule has 2 atom stereocenters. The summed E-state index contributed by atoms with van der Waals surface area (Å²) in [7, 11) is 3.59. The third-order valence-corrected chi connectivity index (χ3v) is 4.76. The van der Waals surface area contributed by atoms with Gasteiger partial charge in [-0.25, -0.2) is 0 Å². The van der Waals surface area contributed by atoms with E-state index in [-0.39, 0.29) is 25.0 Å². The Morgan fingerprint density at radius 3 is 1.86 bits per heavy atom. The molecule has 124 valence electrons. The number of methoxy groups -OCH3 is 3. The molecule has 7 nitrogen and oxygen atoms in total. The Hall–Kier alpha value is -1.92. The van der Waals surface area contributed by atoms with Crippen molar-refractivity contribution in [1.29, 1.82) is 0 Å². The average molecular weight is 314 g/mol. The Bertz CT molecular complexity index is 480. The zero-order valence-electron chi connectivity index (χ0n) is 13.6. The highest BCUT2D eigenvalue weighted by Gasteiger charge is 2.63. The van der Waals surface area contributed by atoms with Crippen LogP contribution in [0, 0.1) is 16.7 Å². The molecule has 0 aliphatic heterocycles. The summed E-state index contributed by atoms with van der Waals surface area (Å²) in [6, 6.07) is 0. The van der Waals surface area contributed by atoms with Gasteiger partial charge < -0.3 is 14.2 Å². The molecule has 0 radical (unpaired) electrons. The first-order chi connectivity index (χ1) is 10.2. The van der Waals surface area contributed by atoms with E-state index in [1.54, 1.807) is 6.92 Å². The summed E-state index contributed by atoms with van der Waals surface area (Å²) in [6.07, 6.45) is -0.0871. The number of ketones is 1. The molecule has 1 aliphatic carbocycles. The third-order valence-electron chi connectivity index (χ3n) is 4.76. The Morgan fingerprint density at radius 2 is 1.50 bits per heavy atom. The van der Waals surface area contributed by atoms with Gasteiger partial charge in [0.05, 0.1) is 21.3 Å². The van der Waals surface area contributed by atoms with Crippen molar-refractivity contribution in [1.82, 2.24) is 0 Å². The first-order valence-electron chi connectivity index (χ1n) is 6.92. The van der Waals surface area contributed by atoms with Gasteiger partial charge in [-0.2, -0.15) is 0 Å². The van der Waals surface area contributed by atoms with E-state index in [9.17, 15) is 19.2 Å². The van der Waals surface area contributed by atoms with Crippen LogP contribution in [0.25, 0.3) is 0 Å². The van der Waals surface area contributed by atoms with Gasteiger partial charge in [-0.1, -0.05) is 6.92 Å². The zero-order chi connectivity index (χ0) is 17.1. The molecule has 1 fully saturated rings. The van der Waals surface area contributed by atoms with Crippen LogP contribution in [0.5, 0.6) is 0 Å². The molecule has 0 aromatic rings. The average Bonchev–Trinajstić information content (AvgIpc) is 2.81. The van der Waals surface area contributed by atoms with E-state index in [2.05, 4.69) is 4.74 Å². The molecular formula is C15H22O7. The molecule has 1 aliphatic rings. The summed E-state index contributed by atoms with van der Waals surface area (Å²) >= 11 is 0. The molecule has 0 amide bonds. The molecule has 0 aromatic carbocycles. The molecule has 0 spiro atoms. The van der Waals surface area contributed by atoms with Crippen LogP contribution in [0.4, 0.5) is 0 Å². The molecule has 7 heteroatoms. The number of carbonyl (C=O) groups is 4. The van der Waals surface area contributed by atoms with Crippen molar-refractivity contribution in [2.45, 2.75) is 33.1 Å². The summed E-state index contributed by atoms with van der Waals surface area (Å²) in [5.74, 6) is -2.70. The van der Waals surface area contributed by atoms with Gasteiger partial charge in [0, 0.05) is 11.8 Å². The number of Topliss-reactive ketones (excluding diaryl/α,β-unsaturated/α-hetero) is 1. The quantitative estimate of drug-likeness (QED) is 0.422. The summed E-state index contributed by atoms with van der Waals surface area (Å²) in [5, 5.41) is 0. The SMILES string of the molecule is COC(=O)CC1CC(C(=O)OC)(C(=O)OC)CC1(C)C(C)=O. The van der Waals surface area contributed by atoms with E-state index < -0.39 is 34.7 Å². The van der Waals surface area contributed by atoms with Gasteiger partial charge in [0.25, 0.3) is 0 Å². The van der Waals surface area contributed by atoms with Crippen molar-refractivity contribution >= 4 is 23.7 Å². The molecule has 0 bridgehead atoms. The Morgan fingerprint density at radius 1 is 1.00 bits per heavy atom. The van der Waals surface area contributed by atoms with E-state index in [0.29, 0.717) is 0 Å². The van der Waals surface area contributed by atoms with E-state index >= 15 is 0 Å². The fourth-order valence-corrected chi connectivity index (χ4v) is 3.27. The minimum atomic E-state index is -1.57. The smallest absolute Gasteiger partial charge is 0.323 e. The van der Waals surface area contributed by atoms with Crippen molar-refractivity contribution in [3.8, 4) is 0 Å². The highest BCUT2D eigenvalue weighted by molar-refractivity contribution is 6.02. The minimum Gasteiger partial charge on any atom is -0.469 e. The normalized spacial score (nSPS) is 26.1. The van der Waals surface area contributed by atoms with Gasteiger partial charge >= 0.3 is 17.9 Å². The van der Waals surface area contributed by atoms with Crippen LogP contribution in [0.3, 0.4) is 0 Å². The molecular weight excluding hydrogens is 292 g/mol. The van der Waals surface area contributed by atoms with Gasteiger partial charge in [-0.15, -0.1) is 0 Å². The number of hydrogen-bond acceptors (Lipinski definition) is 7. The van der Waals surface area contributed by atoms with Crippen LogP contribution in [0.2, 0.25) is 0 Å². The van der Waals surface area contributed by atoms with Crippen molar-refractivity contribution in [3.63, 3.8) is 0 Å². The summed E-state index contributed by atoms with van der Waals surface area (Å²) in [4.78, 5) is 48.1. The van der Waals surface area contributed by atoms with Gasteiger partial charge in [-0.05, 0) is 25.7 Å². The zero-order valence-corrected chi connectivity index (χ0v) is 13.6. The molecule has 0 saturated heterocycles. The Labute approximate surface area is 129 Å².